The van der Waals surface area contributed by atoms with Crippen LogP contribution in [0.3, 0.4) is 0 Å². The third-order valence-corrected chi connectivity index (χ3v) is 3.76. The molecule has 1 aliphatic heterocycles. The van der Waals surface area contributed by atoms with Crippen LogP contribution in [0.2, 0.25) is 0 Å². The van der Waals surface area contributed by atoms with E-state index in [1.807, 2.05) is 12.1 Å². The Balaban J connectivity index is 2.36. The second-order valence-electron chi connectivity index (χ2n) is 4.68. The van der Waals surface area contributed by atoms with Gasteiger partial charge in [0, 0.05) is 18.0 Å². The quantitative estimate of drug-likeness (QED) is 0.847. The van der Waals surface area contributed by atoms with E-state index in [0.29, 0.717) is 18.4 Å². The Morgan fingerprint density at radius 1 is 1.33 bits per heavy atom. The minimum absolute atomic E-state index is 0.397. The van der Waals surface area contributed by atoms with Gasteiger partial charge < -0.3 is 20.5 Å². The fourth-order valence-corrected chi connectivity index (χ4v) is 2.76. The minimum Gasteiger partial charge on any atom is -0.493 e. The smallest absolute Gasteiger partial charge is 0.164 e. The highest BCUT2D eigenvalue weighted by Gasteiger charge is 2.28. The zero-order chi connectivity index (χ0) is 13.0. The summed E-state index contributed by atoms with van der Waals surface area (Å²) in [6.07, 6.45) is 1.11. The van der Waals surface area contributed by atoms with Crippen LogP contribution in [0, 0.1) is 5.92 Å². The predicted molar refractivity (Wildman–Crippen MR) is 72.3 cm³/mol. The highest BCUT2D eigenvalue weighted by molar-refractivity contribution is 5.48. The van der Waals surface area contributed by atoms with Crippen LogP contribution in [0.5, 0.6) is 11.5 Å². The molecular weight excluding hydrogens is 228 g/mol. The van der Waals surface area contributed by atoms with Crippen molar-refractivity contribution >= 4 is 0 Å². The fourth-order valence-electron chi connectivity index (χ4n) is 2.76. The summed E-state index contributed by atoms with van der Waals surface area (Å²) in [5.41, 5.74) is 7.09. The molecule has 18 heavy (non-hydrogen) atoms. The van der Waals surface area contributed by atoms with Crippen LogP contribution in [0.4, 0.5) is 0 Å². The SMILES string of the molecule is COc1cccc(C2CNCCC2CN)c1OC. The number of nitrogens with two attached hydrogens (primary N) is 1. The monoisotopic (exact) mass is 250 g/mol. The first-order valence-corrected chi connectivity index (χ1v) is 6.43. The second-order valence-corrected chi connectivity index (χ2v) is 4.68. The molecule has 1 saturated heterocycles. The summed E-state index contributed by atoms with van der Waals surface area (Å²) in [6.45, 7) is 2.71. The van der Waals surface area contributed by atoms with Crippen LogP contribution < -0.4 is 20.5 Å². The van der Waals surface area contributed by atoms with Gasteiger partial charge in [-0.3, -0.25) is 0 Å². The van der Waals surface area contributed by atoms with Crippen LogP contribution in [0.15, 0.2) is 18.2 Å². The van der Waals surface area contributed by atoms with Gasteiger partial charge in [-0.15, -0.1) is 0 Å². The molecule has 1 aromatic carbocycles. The van der Waals surface area contributed by atoms with Gasteiger partial charge in [0.25, 0.3) is 0 Å². The summed E-state index contributed by atoms with van der Waals surface area (Å²) in [4.78, 5) is 0. The first-order valence-electron chi connectivity index (χ1n) is 6.43. The van der Waals surface area contributed by atoms with E-state index in [-0.39, 0.29) is 0 Å². The number of nitrogens with one attached hydrogen (secondary N) is 1. The van der Waals surface area contributed by atoms with E-state index in [1.165, 1.54) is 5.56 Å². The number of hydrogen-bond acceptors (Lipinski definition) is 4. The molecule has 0 amide bonds. The molecule has 1 heterocycles. The number of para-hydroxylation sites is 1. The lowest BCUT2D eigenvalue weighted by Crippen LogP contribution is -2.38. The molecule has 1 fully saturated rings. The third-order valence-electron chi connectivity index (χ3n) is 3.76. The van der Waals surface area contributed by atoms with Crippen LogP contribution in [0.25, 0.3) is 0 Å². The van der Waals surface area contributed by atoms with Gasteiger partial charge in [-0.05, 0) is 31.5 Å². The Labute approximate surface area is 108 Å². The van der Waals surface area contributed by atoms with Gasteiger partial charge in [0.1, 0.15) is 0 Å². The van der Waals surface area contributed by atoms with Crippen molar-refractivity contribution < 1.29 is 9.47 Å². The Morgan fingerprint density at radius 2 is 2.17 bits per heavy atom. The third kappa shape index (κ3) is 2.44. The molecule has 1 aliphatic rings. The van der Waals surface area contributed by atoms with Crippen LogP contribution in [-0.4, -0.2) is 33.9 Å². The standard InChI is InChI=1S/C14H22N2O2/c1-17-13-5-3-4-11(14(13)18-2)12-9-16-7-6-10(12)8-15/h3-5,10,12,16H,6-9,15H2,1-2H3. The Morgan fingerprint density at radius 3 is 2.83 bits per heavy atom. The van der Waals surface area contributed by atoms with Gasteiger partial charge in [0.2, 0.25) is 0 Å². The van der Waals surface area contributed by atoms with Crippen LogP contribution in [0.1, 0.15) is 17.9 Å². The summed E-state index contributed by atoms with van der Waals surface area (Å²) in [5.74, 6) is 2.53. The topological polar surface area (TPSA) is 56.5 Å². The lowest BCUT2D eigenvalue weighted by atomic mass is 9.81. The highest BCUT2D eigenvalue weighted by atomic mass is 16.5. The molecule has 3 N–H and O–H groups in total. The maximum Gasteiger partial charge on any atom is 0.164 e. The summed E-state index contributed by atoms with van der Waals surface area (Å²) in [6, 6.07) is 6.05. The normalized spacial score (nSPS) is 23.7. The van der Waals surface area contributed by atoms with Crippen LogP contribution >= 0.6 is 0 Å². The molecule has 0 spiro atoms. The van der Waals surface area contributed by atoms with Crippen molar-refractivity contribution in [1.29, 1.82) is 0 Å². The van der Waals surface area contributed by atoms with Crippen LogP contribution in [-0.2, 0) is 0 Å². The van der Waals surface area contributed by atoms with Crippen molar-refractivity contribution in [3.05, 3.63) is 23.8 Å². The van der Waals surface area contributed by atoms with Gasteiger partial charge in [0.15, 0.2) is 11.5 Å². The van der Waals surface area contributed by atoms with E-state index in [1.54, 1.807) is 14.2 Å². The molecule has 0 radical (unpaired) electrons. The molecule has 0 bridgehead atoms. The van der Waals surface area contributed by atoms with Crippen molar-refractivity contribution in [3.63, 3.8) is 0 Å². The molecule has 4 heteroatoms. The molecule has 2 atom stereocenters. The van der Waals surface area contributed by atoms with E-state index in [9.17, 15) is 0 Å². The number of hydrogen-bond donors (Lipinski definition) is 2. The van der Waals surface area contributed by atoms with Gasteiger partial charge in [-0.2, -0.15) is 0 Å². The fraction of sp³-hybridized carbons (Fsp3) is 0.571. The zero-order valence-corrected chi connectivity index (χ0v) is 11.1. The second kappa shape index (κ2) is 6.07. The van der Waals surface area contributed by atoms with E-state index in [0.717, 1.165) is 31.0 Å². The number of piperidine rings is 1. The van der Waals surface area contributed by atoms with Gasteiger partial charge in [-0.25, -0.2) is 0 Å². The number of benzene rings is 1. The highest BCUT2D eigenvalue weighted by Crippen LogP contribution is 2.39. The Kier molecular flexibility index (Phi) is 4.44. The maximum absolute atomic E-state index is 5.89. The maximum atomic E-state index is 5.89. The van der Waals surface area contributed by atoms with Crippen molar-refractivity contribution in [1.82, 2.24) is 5.32 Å². The molecule has 4 nitrogen and oxygen atoms in total. The number of rotatable bonds is 4. The summed E-state index contributed by atoms with van der Waals surface area (Å²) in [5, 5.41) is 3.43. The van der Waals surface area contributed by atoms with Crippen molar-refractivity contribution in [2.24, 2.45) is 11.7 Å². The predicted octanol–water partition coefficient (Wildman–Crippen LogP) is 1.36. The first kappa shape index (κ1) is 13.2. The molecule has 1 aromatic rings. The number of ether oxygens (including phenoxy) is 2. The molecule has 0 saturated carbocycles. The minimum atomic E-state index is 0.397. The molecule has 100 valence electrons. The lowest BCUT2D eigenvalue weighted by Gasteiger charge is -2.32. The summed E-state index contributed by atoms with van der Waals surface area (Å²) >= 11 is 0. The van der Waals surface area contributed by atoms with Gasteiger partial charge in [0.05, 0.1) is 14.2 Å². The van der Waals surface area contributed by atoms with Crippen molar-refractivity contribution in [2.45, 2.75) is 12.3 Å². The molecular formula is C14H22N2O2. The average Bonchev–Trinajstić information content (AvgIpc) is 2.46. The zero-order valence-electron chi connectivity index (χ0n) is 11.1. The Bertz CT molecular complexity index is 395. The molecule has 0 aliphatic carbocycles. The molecule has 2 rings (SSSR count). The van der Waals surface area contributed by atoms with E-state index < -0.39 is 0 Å². The van der Waals surface area contributed by atoms with E-state index >= 15 is 0 Å². The summed E-state index contributed by atoms with van der Waals surface area (Å²) < 4.78 is 10.9. The average molecular weight is 250 g/mol. The molecule has 0 aromatic heterocycles. The largest absolute Gasteiger partial charge is 0.493 e. The van der Waals surface area contributed by atoms with Crippen molar-refractivity contribution in [3.8, 4) is 11.5 Å². The van der Waals surface area contributed by atoms with Crippen molar-refractivity contribution in [2.75, 3.05) is 33.9 Å². The van der Waals surface area contributed by atoms with E-state index in [2.05, 4.69) is 11.4 Å². The van der Waals surface area contributed by atoms with E-state index in [4.69, 9.17) is 15.2 Å². The summed E-state index contributed by atoms with van der Waals surface area (Å²) in [7, 11) is 3.36. The lowest BCUT2D eigenvalue weighted by molar-refractivity contribution is 0.310. The number of methoxy groups -OCH3 is 2. The van der Waals surface area contributed by atoms with Gasteiger partial charge >= 0.3 is 0 Å². The molecule has 2 unspecified atom stereocenters. The first-order chi connectivity index (χ1) is 8.81. The van der Waals surface area contributed by atoms with Gasteiger partial charge in [-0.1, -0.05) is 12.1 Å². The Hall–Kier alpha value is -1.26.